The maximum absolute atomic E-state index is 11.6. The molecule has 13 heteroatoms. The van der Waals surface area contributed by atoms with Gasteiger partial charge in [0, 0.05) is 32.2 Å². The Morgan fingerprint density at radius 3 is 2.39 bits per heavy atom. The van der Waals surface area contributed by atoms with Crippen LogP contribution in [0.4, 0.5) is 23.5 Å². The predicted octanol–water partition coefficient (Wildman–Crippen LogP) is 0.167. The number of hydrogen-bond acceptors (Lipinski definition) is 11. The number of esters is 1. The highest BCUT2D eigenvalue weighted by atomic mass is 32.2. The van der Waals surface area contributed by atoms with E-state index in [4.69, 9.17) is 5.73 Å². The molecule has 3 rings (SSSR count). The van der Waals surface area contributed by atoms with Crippen molar-refractivity contribution >= 4 is 39.5 Å². The van der Waals surface area contributed by atoms with Gasteiger partial charge >= 0.3 is 5.97 Å². The van der Waals surface area contributed by atoms with Crippen molar-refractivity contribution in [1.82, 2.24) is 19.3 Å². The van der Waals surface area contributed by atoms with Gasteiger partial charge in [-0.25, -0.2) is 8.42 Å². The summed E-state index contributed by atoms with van der Waals surface area (Å²) in [5.41, 5.74) is 6.58. The smallest absolute Gasteiger partial charge is 0.302 e. The number of rotatable bonds is 8. The van der Waals surface area contributed by atoms with E-state index < -0.39 is 15.4 Å². The van der Waals surface area contributed by atoms with Crippen LogP contribution in [0.15, 0.2) is 30.3 Å². The van der Waals surface area contributed by atoms with Gasteiger partial charge in [-0.1, -0.05) is 18.2 Å². The van der Waals surface area contributed by atoms with Gasteiger partial charge in [-0.3, -0.25) is 4.79 Å². The zero-order valence-electron chi connectivity index (χ0n) is 17.6. The molecule has 1 aromatic carbocycles. The lowest BCUT2D eigenvalue weighted by Gasteiger charge is -2.22. The molecule has 2 aromatic rings. The monoisotopic (exact) mass is 453 g/mol. The molecule has 1 aliphatic rings. The van der Waals surface area contributed by atoms with Crippen LogP contribution in [-0.4, -0.2) is 77.5 Å². The maximum atomic E-state index is 11.6. The molecule has 1 saturated heterocycles. The number of benzene rings is 1. The van der Waals surface area contributed by atoms with Gasteiger partial charge < -0.3 is 25.8 Å². The number of hydrogen-bond donors (Lipinski definition) is 3. The fraction of sp³-hybridized carbons (Fsp3) is 0.444. The van der Waals surface area contributed by atoms with Crippen LogP contribution in [0, 0.1) is 0 Å². The average molecular weight is 454 g/mol. The number of aliphatic hydroxyl groups excluding tert-OH is 1. The van der Waals surface area contributed by atoms with Gasteiger partial charge in [-0.15, -0.1) is 0 Å². The van der Waals surface area contributed by atoms with Crippen molar-refractivity contribution in [1.29, 1.82) is 0 Å². The summed E-state index contributed by atoms with van der Waals surface area (Å²) >= 11 is 0. The van der Waals surface area contributed by atoms with Crippen molar-refractivity contribution in [3.05, 3.63) is 30.3 Å². The summed E-state index contributed by atoms with van der Waals surface area (Å²) in [6.07, 6.45) is 0. The molecule has 2 heterocycles. The highest BCUT2D eigenvalue weighted by Crippen LogP contribution is 2.29. The summed E-state index contributed by atoms with van der Waals surface area (Å²) in [7, 11) is -1.78. The largest absolute Gasteiger partial charge is 0.469 e. The molecule has 0 saturated carbocycles. The lowest BCUT2D eigenvalue weighted by atomic mass is 10.3. The molecule has 0 bridgehead atoms. The molecular formula is C18H27N7O5S. The molecule has 0 spiro atoms. The summed E-state index contributed by atoms with van der Waals surface area (Å²) < 4.78 is 28.7. The second kappa shape index (κ2) is 10.8. The van der Waals surface area contributed by atoms with Crippen molar-refractivity contribution in [2.45, 2.75) is 19.2 Å². The van der Waals surface area contributed by atoms with E-state index in [1.165, 1.54) is 18.3 Å². The van der Waals surface area contributed by atoms with Crippen LogP contribution in [0.3, 0.4) is 0 Å². The average Bonchev–Trinajstić information content (AvgIpc) is 3.21. The van der Waals surface area contributed by atoms with Crippen molar-refractivity contribution in [3.63, 3.8) is 0 Å². The summed E-state index contributed by atoms with van der Waals surface area (Å²) in [5.74, 6) is 0.334. The van der Waals surface area contributed by atoms with Crippen molar-refractivity contribution < 1.29 is 23.1 Å². The quantitative estimate of drug-likeness (QED) is 0.368. The van der Waals surface area contributed by atoms with Gasteiger partial charge in [0.05, 0.1) is 13.7 Å². The standard InChI is InChI=1S/C15H21N7O3S.C3H6O2/c1-11-22(26(11,24)25)8-7-21(9-10-23)15-19-13(16)18-14(20-15)17-12-5-3-2-4-6-12;1-3(4)5-2/h2-6,11,23H,7-10H2,1H3,(H3,16,17,18,19,20);1-2H3. The summed E-state index contributed by atoms with van der Waals surface area (Å²) in [5, 5.41) is 11.9. The first kappa shape index (κ1) is 24.2. The van der Waals surface area contributed by atoms with E-state index in [-0.39, 0.29) is 43.5 Å². The molecule has 0 radical (unpaired) electrons. The number of anilines is 4. The molecule has 1 aliphatic heterocycles. The Morgan fingerprint density at radius 2 is 1.87 bits per heavy atom. The molecule has 2 atom stereocenters. The number of para-hydroxylation sites is 1. The van der Waals surface area contributed by atoms with Crippen LogP contribution in [0.1, 0.15) is 13.8 Å². The maximum Gasteiger partial charge on any atom is 0.302 e. The topological polar surface area (TPSA) is 164 Å². The number of sulfonamides is 1. The molecule has 31 heavy (non-hydrogen) atoms. The number of carbonyl (C=O) groups excluding carboxylic acids is 1. The Kier molecular flexibility index (Phi) is 8.47. The summed E-state index contributed by atoms with van der Waals surface area (Å²) in [4.78, 5) is 23.8. The molecule has 0 amide bonds. The third-order valence-electron chi connectivity index (χ3n) is 4.32. The third-order valence-corrected chi connectivity index (χ3v) is 6.37. The molecule has 0 aliphatic carbocycles. The first-order valence-electron chi connectivity index (χ1n) is 9.43. The van der Waals surface area contributed by atoms with Crippen LogP contribution in [0.25, 0.3) is 0 Å². The first-order chi connectivity index (χ1) is 14.7. The first-order valence-corrected chi connectivity index (χ1v) is 10.9. The second-order valence-electron chi connectivity index (χ2n) is 6.47. The SMILES string of the molecule is CC1N(CCN(CCO)c2nc(N)nc(Nc3ccccc3)n2)S1(=O)=O.COC(C)=O. The number of ether oxygens (including phenoxy) is 1. The van der Waals surface area contributed by atoms with Gasteiger partial charge in [0.1, 0.15) is 5.37 Å². The van der Waals surface area contributed by atoms with Crippen LogP contribution < -0.4 is 16.0 Å². The molecule has 4 N–H and O–H groups in total. The van der Waals surface area contributed by atoms with E-state index >= 15 is 0 Å². The number of aliphatic hydroxyl groups is 1. The zero-order valence-corrected chi connectivity index (χ0v) is 18.4. The Balaban J connectivity index is 0.000000614. The minimum Gasteiger partial charge on any atom is -0.469 e. The fourth-order valence-corrected chi connectivity index (χ4v) is 3.89. The second-order valence-corrected chi connectivity index (χ2v) is 8.65. The summed E-state index contributed by atoms with van der Waals surface area (Å²) in [6.45, 7) is 3.73. The third kappa shape index (κ3) is 7.01. The fourth-order valence-electron chi connectivity index (χ4n) is 2.54. The highest BCUT2D eigenvalue weighted by Gasteiger charge is 2.50. The van der Waals surface area contributed by atoms with Crippen molar-refractivity contribution in [2.75, 3.05) is 49.3 Å². The van der Waals surface area contributed by atoms with Crippen LogP contribution in [0.2, 0.25) is 0 Å². The molecule has 2 unspecified atom stereocenters. The van der Waals surface area contributed by atoms with Crippen LogP contribution in [-0.2, 0) is 19.6 Å². The van der Waals surface area contributed by atoms with E-state index in [1.807, 2.05) is 30.3 Å². The van der Waals surface area contributed by atoms with Gasteiger partial charge in [0.2, 0.25) is 27.9 Å². The number of nitrogens with zero attached hydrogens (tertiary/aromatic N) is 5. The van der Waals surface area contributed by atoms with E-state index in [0.717, 1.165) is 5.69 Å². The van der Waals surface area contributed by atoms with Crippen molar-refractivity contribution in [3.8, 4) is 0 Å². The van der Waals surface area contributed by atoms with Gasteiger partial charge in [0.15, 0.2) is 0 Å². The molecular weight excluding hydrogens is 426 g/mol. The van der Waals surface area contributed by atoms with E-state index in [2.05, 4.69) is 25.0 Å². The number of nitrogens with one attached hydrogen (secondary N) is 1. The number of carbonyl (C=O) groups is 1. The van der Waals surface area contributed by atoms with Gasteiger partial charge in [0.25, 0.3) is 0 Å². The Hall–Kier alpha value is -3.03. The van der Waals surface area contributed by atoms with Gasteiger partial charge in [-0.2, -0.15) is 19.3 Å². The Labute approximate surface area is 181 Å². The van der Waals surface area contributed by atoms with Crippen LogP contribution >= 0.6 is 0 Å². The predicted molar refractivity (Wildman–Crippen MR) is 116 cm³/mol. The molecule has 1 aromatic heterocycles. The van der Waals surface area contributed by atoms with E-state index in [9.17, 15) is 18.3 Å². The Bertz CT molecular complexity index is 975. The Morgan fingerprint density at radius 1 is 1.26 bits per heavy atom. The van der Waals surface area contributed by atoms with E-state index in [0.29, 0.717) is 6.54 Å². The minimum absolute atomic E-state index is 0.0316. The number of nitrogen functional groups attached to an aromatic ring is 1. The van der Waals surface area contributed by atoms with Gasteiger partial charge in [-0.05, 0) is 19.1 Å². The summed E-state index contributed by atoms with van der Waals surface area (Å²) in [6, 6.07) is 9.36. The zero-order chi connectivity index (χ0) is 23.0. The lowest BCUT2D eigenvalue weighted by molar-refractivity contribution is -0.137. The normalized spacial score (nSPS) is 18.3. The number of nitrogens with two attached hydrogens (primary N) is 1. The minimum atomic E-state index is -3.13. The number of aromatic nitrogens is 3. The molecule has 170 valence electrons. The van der Waals surface area contributed by atoms with E-state index in [1.54, 1.807) is 11.8 Å². The molecule has 12 nitrogen and oxygen atoms in total. The number of methoxy groups -OCH3 is 1. The van der Waals surface area contributed by atoms with Crippen molar-refractivity contribution in [2.24, 2.45) is 0 Å². The van der Waals surface area contributed by atoms with Crippen LogP contribution in [0.5, 0.6) is 0 Å². The highest BCUT2D eigenvalue weighted by molar-refractivity contribution is 7.95. The molecule has 1 fully saturated rings. The lowest BCUT2D eigenvalue weighted by Crippen LogP contribution is -2.33.